The number of carbonyl (C=O) groups excluding carboxylic acids is 2. The molecule has 0 aliphatic carbocycles. The molecule has 1 N–H and O–H groups in total. The number of halogens is 1. The zero-order chi connectivity index (χ0) is 28.5. The van der Waals surface area contributed by atoms with E-state index in [2.05, 4.69) is 10.2 Å². The highest BCUT2D eigenvalue weighted by atomic mass is 35.5. The number of ether oxygens (including phenoxy) is 4. The third-order valence-corrected chi connectivity index (χ3v) is 7.05. The average Bonchev–Trinajstić information content (AvgIpc) is 2.99. The largest absolute Gasteiger partial charge is 0.497 e. The molecule has 4 rings (SSSR count). The summed E-state index contributed by atoms with van der Waals surface area (Å²) >= 11 is 6.13. The fraction of sp³-hybridized carbons (Fsp3) is 0.333. The maximum absolute atomic E-state index is 13.0. The van der Waals surface area contributed by atoms with Gasteiger partial charge in [-0.2, -0.15) is 0 Å². The van der Waals surface area contributed by atoms with Gasteiger partial charge >= 0.3 is 12.0 Å². The molecule has 3 aromatic carbocycles. The van der Waals surface area contributed by atoms with E-state index in [0.29, 0.717) is 67.1 Å². The summed E-state index contributed by atoms with van der Waals surface area (Å²) in [7, 11) is 4.50. The number of esters is 1. The Balaban J connectivity index is 1.36. The number of hydrogen-bond acceptors (Lipinski definition) is 7. The van der Waals surface area contributed by atoms with Crippen molar-refractivity contribution in [3.05, 3.63) is 88.4 Å². The Morgan fingerprint density at radius 1 is 0.900 bits per heavy atom. The normalized spacial score (nSPS) is 14.3. The van der Waals surface area contributed by atoms with Crippen LogP contribution in [-0.2, 0) is 16.1 Å². The van der Waals surface area contributed by atoms with E-state index in [0.717, 1.165) is 11.1 Å². The third kappa shape index (κ3) is 7.65. The molecule has 1 atom stereocenters. The smallest absolute Gasteiger partial charge is 0.337 e. The lowest BCUT2D eigenvalue weighted by atomic mass is 10.1. The predicted molar refractivity (Wildman–Crippen MR) is 153 cm³/mol. The summed E-state index contributed by atoms with van der Waals surface area (Å²) in [5, 5.41) is 3.60. The number of piperazine rings is 1. The van der Waals surface area contributed by atoms with Crippen LogP contribution in [0.25, 0.3) is 0 Å². The molecule has 1 aliphatic rings. The van der Waals surface area contributed by atoms with Gasteiger partial charge in [0.15, 0.2) is 0 Å². The van der Waals surface area contributed by atoms with E-state index >= 15 is 0 Å². The molecule has 0 spiro atoms. The van der Waals surface area contributed by atoms with E-state index in [1.165, 1.54) is 7.11 Å². The Morgan fingerprint density at radius 2 is 1.60 bits per heavy atom. The maximum atomic E-state index is 13.0. The van der Waals surface area contributed by atoms with Crippen molar-refractivity contribution in [3.63, 3.8) is 0 Å². The van der Waals surface area contributed by atoms with Crippen LogP contribution in [0.2, 0.25) is 5.02 Å². The number of hydrogen-bond donors (Lipinski definition) is 1. The summed E-state index contributed by atoms with van der Waals surface area (Å²) in [5.41, 5.74) is 3.01. The Bertz CT molecular complexity index is 1280. The van der Waals surface area contributed by atoms with Crippen molar-refractivity contribution >= 4 is 29.3 Å². The molecule has 10 heteroatoms. The summed E-state index contributed by atoms with van der Waals surface area (Å²) in [5.74, 6) is 0.825. The summed E-state index contributed by atoms with van der Waals surface area (Å²) in [6, 6.07) is 19.9. The van der Waals surface area contributed by atoms with Gasteiger partial charge in [-0.25, -0.2) is 9.59 Å². The van der Waals surface area contributed by atoms with Crippen molar-refractivity contribution in [1.82, 2.24) is 9.80 Å². The molecular formula is C30H34ClN3O6. The van der Waals surface area contributed by atoms with E-state index < -0.39 is 0 Å². The second-order valence-corrected chi connectivity index (χ2v) is 9.76. The van der Waals surface area contributed by atoms with Gasteiger partial charge in [0.05, 0.1) is 45.3 Å². The van der Waals surface area contributed by atoms with Crippen LogP contribution in [0.15, 0.2) is 66.7 Å². The maximum Gasteiger partial charge on any atom is 0.337 e. The minimum absolute atomic E-state index is 0.188. The molecule has 0 unspecified atom stereocenters. The van der Waals surface area contributed by atoms with Crippen molar-refractivity contribution in [2.75, 3.05) is 59.4 Å². The number of urea groups is 1. The van der Waals surface area contributed by atoms with Crippen molar-refractivity contribution in [2.24, 2.45) is 0 Å². The molecule has 9 nitrogen and oxygen atoms in total. The van der Waals surface area contributed by atoms with Crippen molar-refractivity contribution < 1.29 is 28.5 Å². The third-order valence-electron chi connectivity index (χ3n) is 6.80. The van der Waals surface area contributed by atoms with Gasteiger partial charge in [0.2, 0.25) is 0 Å². The average molecular weight is 568 g/mol. The fourth-order valence-corrected chi connectivity index (χ4v) is 4.58. The van der Waals surface area contributed by atoms with Crippen molar-refractivity contribution in [2.45, 2.75) is 12.7 Å². The Labute approximate surface area is 239 Å². The number of benzene rings is 3. The van der Waals surface area contributed by atoms with E-state index in [1.807, 2.05) is 36.4 Å². The van der Waals surface area contributed by atoms with E-state index in [9.17, 15) is 9.59 Å². The van der Waals surface area contributed by atoms with Gasteiger partial charge in [0, 0.05) is 43.8 Å². The van der Waals surface area contributed by atoms with E-state index in [1.54, 1.807) is 49.5 Å². The molecule has 212 valence electrons. The first-order valence-electron chi connectivity index (χ1n) is 12.9. The van der Waals surface area contributed by atoms with Crippen molar-refractivity contribution in [3.8, 4) is 11.5 Å². The molecule has 1 heterocycles. The number of nitrogens with zero attached hydrogens (tertiary/aromatic N) is 2. The lowest BCUT2D eigenvalue weighted by Crippen LogP contribution is -2.50. The monoisotopic (exact) mass is 567 g/mol. The molecular weight excluding hydrogens is 534 g/mol. The minimum Gasteiger partial charge on any atom is -0.497 e. The summed E-state index contributed by atoms with van der Waals surface area (Å²) in [4.78, 5) is 28.8. The number of amides is 2. The molecule has 0 aromatic heterocycles. The first-order chi connectivity index (χ1) is 19.4. The van der Waals surface area contributed by atoms with Gasteiger partial charge < -0.3 is 29.2 Å². The lowest BCUT2D eigenvalue weighted by molar-refractivity contribution is 0.00592. The van der Waals surface area contributed by atoms with Crippen LogP contribution < -0.4 is 14.8 Å². The molecule has 0 bridgehead atoms. The molecule has 1 aliphatic heterocycles. The van der Waals surface area contributed by atoms with Gasteiger partial charge in [0.25, 0.3) is 0 Å². The van der Waals surface area contributed by atoms with Crippen LogP contribution in [0.3, 0.4) is 0 Å². The van der Waals surface area contributed by atoms with Crippen LogP contribution in [-0.4, -0.2) is 75.9 Å². The van der Waals surface area contributed by atoms with Crippen LogP contribution in [0, 0.1) is 0 Å². The van der Waals surface area contributed by atoms with Crippen molar-refractivity contribution in [1.29, 1.82) is 0 Å². The van der Waals surface area contributed by atoms with Crippen LogP contribution >= 0.6 is 11.6 Å². The molecule has 1 fully saturated rings. The quantitative estimate of drug-likeness (QED) is 0.335. The number of anilines is 1. The SMILES string of the molecule is COC(=O)c1ccc(CO[C@H](CN2CCN(C(=O)Nc3cc(OC)ccc3OC)CC2)c2ccc(Cl)cc2)cc1. The molecule has 1 saturated heterocycles. The van der Waals surface area contributed by atoms with Gasteiger partial charge in [-0.05, 0) is 47.5 Å². The summed E-state index contributed by atoms with van der Waals surface area (Å²) in [6.07, 6.45) is -0.209. The summed E-state index contributed by atoms with van der Waals surface area (Å²) in [6.45, 7) is 3.56. The number of nitrogens with one attached hydrogen (secondary N) is 1. The molecule has 3 aromatic rings. The van der Waals surface area contributed by atoms with Crippen LogP contribution in [0.5, 0.6) is 11.5 Å². The zero-order valence-corrected chi connectivity index (χ0v) is 23.6. The van der Waals surface area contributed by atoms with E-state index in [4.69, 9.17) is 30.5 Å². The predicted octanol–water partition coefficient (Wildman–Crippen LogP) is 5.25. The lowest BCUT2D eigenvalue weighted by Gasteiger charge is -2.36. The molecule has 0 radical (unpaired) electrons. The minimum atomic E-state index is -0.373. The second kappa shape index (κ2) is 14.0. The topological polar surface area (TPSA) is 89.6 Å². The van der Waals surface area contributed by atoms with Gasteiger partial charge in [-0.1, -0.05) is 35.9 Å². The standard InChI is InChI=1S/C30H34ClN3O6/c1-37-25-12-13-27(38-2)26(18-25)32-30(36)34-16-14-33(15-17-34)19-28(22-8-10-24(31)11-9-22)40-20-21-4-6-23(7-5-21)29(35)39-3/h4-13,18,28H,14-17,19-20H2,1-3H3,(H,32,36)/t28-/m1/s1. The molecule has 2 amide bonds. The summed E-state index contributed by atoms with van der Waals surface area (Å²) < 4.78 is 21.8. The highest BCUT2D eigenvalue weighted by molar-refractivity contribution is 6.30. The number of methoxy groups -OCH3 is 3. The first-order valence-corrected chi connectivity index (χ1v) is 13.3. The molecule has 0 saturated carbocycles. The van der Waals surface area contributed by atoms with Gasteiger partial charge in [0.1, 0.15) is 11.5 Å². The second-order valence-electron chi connectivity index (χ2n) is 9.32. The Hall–Kier alpha value is -3.79. The highest BCUT2D eigenvalue weighted by Gasteiger charge is 2.25. The van der Waals surface area contributed by atoms with Crippen LogP contribution in [0.1, 0.15) is 27.6 Å². The fourth-order valence-electron chi connectivity index (χ4n) is 4.46. The van der Waals surface area contributed by atoms with Gasteiger partial charge in [-0.3, -0.25) is 4.90 Å². The number of carbonyl (C=O) groups is 2. The first kappa shape index (κ1) is 29.2. The molecule has 40 heavy (non-hydrogen) atoms. The zero-order valence-electron chi connectivity index (χ0n) is 22.9. The Kier molecular flexibility index (Phi) is 10.2. The van der Waals surface area contributed by atoms with E-state index in [-0.39, 0.29) is 18.1 Å². The number of rotatable bonds is 10. The highest BCUT2D eigenvalue weighted by Crippen LogP contribution is 2.29. The Morgan fingerprint density at radius 3 is 2.23 bits per heavy atom. The van der Waals surface area contributed by atoms with Crippen LogP contribution in [0.4, 0.5) is 10.5 Å². The van der Waals surface area contributed by atoms with Gasteiger partial charge in [-0.15, -0.1) is 0 Å².